The van der Waals surface area contributed by atoms with Crippen LogP contribution in [0.2, 0.25) is 0 Å². The average molecular weight is 367 g/mol. The summed E-state index contributed by atoms with van der Waals surface area (Å²) in [6.07, 6.45) is 4.26. The van der Waals surface area contributed by atoms with E-state index in [1.54, 1.807) is 0 Å². The molecular formula is C25H23N2O+. The number of furan rings is 1. The standard InChI is InChI=1S/C25H23N2O/c1-16-12-13-20-19-10-5-6-11-21(19)28-24(20)22(16)25-26(4)14-15-27(25)23-17(2)8-7-9-18(23)3/h5-15H,1-4H3/q+1. The predicted octanol–water partition coefficient (Wildman–Crippen LogP) is 5.79. The second kappa shape index (κ2) is 6.10. The molecule has 5 aromatic rings. The first-order chi connectivity index (χ1) is 13.6. The molecule has 3 aromatic carbocycles. The quantitative estimate of drug-likeness (QED) is 0.362. The summed E-state index contributed by atoms with van der Waals surface area (Å²) in [6, 6.07) is 19.1. The number of nitrogens with zero attached hydrogens (tertiary/aromatic N) is 2. The maximum atomic E-state index is 6.37. The van der Waals surface area contributed by atoms with Crippen molar-refractivity contribution >= 4 is 21.9 Å². The molecule has 0 unspecified atom stereocenters. The number of aromatic nitrogens is 2. The van der Waals surface area contributed by atoms with Gasteiger partial charge in [0.1, 0.15) is 29.2 Å². The van der Waals surface area contributed by atoms with Crippen molar-refractivity contribution in [2.75, 3.05) is 0 Å². The molecule has 0 N–H and O–H groups in total. The van der Waals surface area contributed by atoms with Crippen LogP contribution < -0.4 is 4.57 Å². The highest BCUT2D eigenvalue weighted by atomic mass is 16.3. The molecule has 0 aliphatic rings. The van der Waals surface area contributed by atoms with Crippen molar-refractivity contribution in [3.8, 4) is 17.1 Å². The highest BCUT2D eigenvalue weighted by molar-refractivity contribution is 6.09. The molecule has 3 nitrogen and oxygen atoms in total. The van der Waals surface area contributed by atoms with Gasteiger partial charge in [-0.25, -0.2) is 4.57 Å². The molecule has 2 heterocycles. The first-order valence-corrected chi connectivity index (χ1v) is 9.61. The second-order valence-electron chi connectivity index (χ2n) is 7.58. The Labute approximate surface area is 164 Å². The molecule has 0 fully saturated rings. The van der Waals surface area contributed by atoms with Crippen molar-refractivity contribution in [1.82, 2.24) is 4.57 Å². The second-order valence-corrected chi connectivity index (χ2v) is 7.58. The van der Waals surface area contributed by atoms with E-state index < -0.39 is 0 Å². The number of hydrogen-bond donors (Lipinski definition) is 0. The Bertz CT molecular complexity index is 1330. The molecule has 3 heteroatoms. The number of fused-ring (bicyclic) bond motifs is 3. The monoisotopic (exact) mass is 367 g/mol. The summed E-state index contributed by atoms with van der Waals surface area (Å²) >= 11 is 0. The van der Waals surface area contributed by atoms with Crippen LogP contribution in [0.15, 0.2) is 71.4 Å². The highest BCUT2D eigenvalue weighted by Gasteiger charge is 2.27. The Kier molecular flexibility index (Phi) is 3.66. The predicted molar refractivity (Wildman–Crippen MR) is 114 cm³/mol. The van der Waals surface area contributed by atoms with Crippen LogP contribution in [0.4, 0.5) is 0 Å². The zero-order valence-corrected chi connectivity index (χ0v) is 16.7. The van der Waals surface area contributed by atoms with Crippen LogP contribution >= 0.6 is 0 Å². The Balaban J connectivity index is 1.90. The minimum absolute atomic E-state index is 0.928. The molecule has 0 aliphatic carbocycles. The van der Waals surface area contributed by atoms with E-state index in [-0.39, 0.29) is 0 Å². The molecule has 0 aliphatic heterocycles. The van der Waals surface area contributed by atoms with Gasteiger partial charge in [-0.3, -0.25) is 0 Å². The molecule has 138 valence electrons. The van der Waals surface area contributed by atoms with Crippen molar-refractivity contribution in [3.63, 3.8) is 0 Å². The van der Waals surface area contributed by atoms with Gasteiger partial charge < -0.3 is 4.42 Å². The smallest absolute Gasteiger partial charge is 0.297 e. The Morgan fingerprint density at radius 3 is 2.32 bits per heavy atom. The van der Waals surface area contributed by atoms with Crippen molar-refractivity contribution in [2.24, 2.45) is 7.05 Å². The number of rotatable bonds is 2. The van der Waals surface area contributed by atoms with Gasteiger partial charge >= 0.3 is 0 Å². The van der Waals surface area contributed by atoms with Gasteiger partial charge in [-0.2, -0.15) is 4.57 Å². The third kappa shape index (κ3) is 2.32. The number of hydrogen-bond acceptors (Lipinski definition) is 1. The highest BCUT2D eigenvalue weighted by Crippen LogP contribution is 2.37. The Hall–Kier alpha value is -3.33. The third-order valence-corrected chi connectivity index (χ3v) is 5.66. The van der Waals surface area contributed by atoms with E-state index in [1.807, 2.05) is 12.1 Å². The van der Waals surface area contributed by atoms with E-state index >= 15 is 0 Å². The summed E-state index contributed by atoms with van der Waals surface area (Å²) < 4.78 is 10.8. The third-order valence-electron chi connectivity index (χ3n) is 5.66. The lowest BCUT2D eigenvalue weighted by Gasteiger charge is -2.10. The summed E-state index contributed by atoms with van der Waals surface area (Å²) in [6.45, 7) is 6.49. The van der Waals surface area contributed by atoms with E-state index in [0.717, 1.165) is 33.3 Å². The molecule has 0 bridgehead atoms. The minimum atomic E-state index is 0.928. The lowest BCUT2D eigenvalue weighted by molar-refractivity contribution is -0.659. The van der Waals surface area contributed by atoms with Gasteiger partial charge in [0.15, 0.2) is 5.58 Å². The Morgan fingerprint density at radius 2 is 1.54 bits per heavy atom. The fourth-order valence-electron chi connectivity index (χ4n) is 4.31. The number of imidazole rings is 1. The maximum absolute atomic E-state index is 6.37. The molecule has 0 radical (unpaired) electrons. The SMILES string of the molecule is Cc1cccc(C)c1-n1cc[n+](C)c1-c1c(C)ccc2c1oc1ccccc12. The van der Waals surface area contributed by atoms with Gasteiger partial charge in [0.05, 0.1) is 7.05 Å². The first-order valence-electron chi connectivity index (χ1n) is 9.61. The lowest BCUT2D eigenvalue weighted by Crippen LogP contribution is -2.29. The van der Waals surface area contributed by atoms with E-state index in [1.165, 1.54) is 22.4 Å². The molecule has 0 atom stereocenters. The van der Waals surface area contributed by atoms with E-state index in [2.05, 4.69) is 91.8 Å². The lowest BCUT2D eigenvalue weighted by atomic mass is 10.0. The molecule has 0 saturated carbocycles. The molecule has 0 spiro atoms. The summed E-state index contributed by atoms with van der Waals surface area (Å²) in [5, 5.41) is 2.32. The molecular weight excluding hydrogens is 344 g/mol. The van der Waals surface area contributed by atoms with Crippen molar-refractivity contribution in [2.45, 2.75) is 20.8 Å². The van der Waals surface area contributed by atoms with Crippen molar-refractivity contribution in [1.29, 1.82) is 0 Å². The largest absolute Gasteiger partial charge is 0.455 e. The first kappa shape index (κ1) is 16.8. The molecule has 28 heavy (non-hydrogen) atoms. The van der Waals surface area contributed by atoms with Crippen LogP contribution in [0.25, 0.3) is 39.0 Å². The summed E-state index contributed by atoms with van der Waals surface area (Å²) in [5.74, 6) is 1.12. The van der Waals surface area contributed by atoms with Crippen molar-refractivity contribution < 1.29 is 8.98 Å². The minimum Gasteiger partial charge on any atom is -0.455 e. The van der Waals surface area contributed by atoms with Crippen LogP contribution in [-0.4, -0.2) is 4.57 Å². The van der Waals surface area contributed by atoms with Crippen LogP contribution in [0, 0.1) is 20.8 Å². The van der Waals surface area contributed by atoms with Gasteiger partial charge in [-0.05, 0) is 43.5 Å². The Morgan fingerprint density at radius 1 is 0.786 bits per heavy atom. The van der Waals surface area contributed by atoms with Gasteiger partial charge in [0, 0.05) is 10.8 Å². The topological polar surface area (TPSA) is 21.9 Å². The van der Waals surface area contributed by atoms with Crippen LogP contribution in [0.5, 0.6) is 0 Å². The fourth-order valence-corrected chi connectivity index (χ4v) is 4.31. The van der Waals surface area contributed by atoms with Crippen LogP contribution in [-0.2, 0) is 7.05 Å². The molecule has 0 saturated heterocycles. The normalized spacial score (nSPS) is 11.6. The zero-order valence-electron chi connectivity index (χ0n) is 16.7. The summed E-state index contributed by atoms with van der Waals surface area (Å²) in [5.41, 5.74) is 7.96. The van der Waals surface area contributed by atoms with E-state index in [9.17, 15) is 0 Å². The van der Waals surface area contributed by atoms with Crippen LogP contribution in [0.1, 0.15) is 16.7 Å². The maximum Gasteiger partial charge on any atom is 0.297 e. The zero-order chi connectivity index (χ0) is 19.4. The van der Waals surface area contributed by atoms with Gasteiger partial charge in [0.25, 0.3) is 5.82 Å². The number of benzene rings is 3. The fraction of sp³-hybridized carbons (Fsp3) is 0.160. The van der Waals surface area contributed by atoms with E-state index in [0.29, 0.717) is 0 Å². The van der Waals surface area contributed by atoms with Gasteiger partial charge in [-0.1, -0.05) is 48.5 Å². The number of aryl methyl sites for hydroxylation is 4. The summed E-state index contributed by atoms with van der Waals surface area (Å²) in [4.78, 5) is 0. The van der Waals surface area contributed by atoms with Gasteiger partial charge in [0.2, 0.25) is 0 Å². The average Bonchev–Trinajstić information content (AvgIpc) is 3.23. The van der Waals surface area contributed by atoms with Crippen molar-refractivity contribution in [3.05, 3.63) is 83.7 Å². The molecule has 0 amide bonds. The number of para-hydroxylation sites is 2. The van der Waals surface area contributed by atoms with E-state index in [4.69, 9.17) is 4.42 Å². The molecule has 5 rings (SSSR count). The summed E-state index contributed by atoms with van der Waals surface area (Å²) in [7, 11) is 2.10. The van der Waals surface area contributed by atoms with Crippen LogP contribution in [0.3, 0.4) is 0 Å². The van der Waals surface area contributed by atoms with Gasteiger partial charge in [-0.15, -0.1) is 0 Å². The molecule has 2 aromatic heterocycles.